The zero-order chi connectivity index (χ0) is 25.2. The van der Waals surface area contributed by atoms with Crippen molar-refractivity contribution >= 4 is 35.0 Å². The minimum atomic E-state index is -0.287. The third kappa shape index (κ3) is 8.13. The fraction of sp³-hybridized carbons (Fsp3) is 0.333. The van der Waals surface area contributed by atoms with Gasteiger partial charge in [-0.05, 0) is 55.7 Å². The summed E-state index contributed by atoms with van der Waals surface area (Å²) in [4.78, 5) is 30.0. The van der Waals surface area contributed by atoms with Crippen LogP contribution in [0.15, 0.2) is 65.1 Å². The highest BCUT2D eigenvalue weighted by Gasteiger charge is 2.23. The molecule has 1 heterocycles. The van der Waals surface area contributed by atoms with Gasteiger partial charge in [0.2, 0.25) is 5.91 Å². The standard InChI is InChI=1S/C27H30Cl2N2O4/c1-20-9-11-23(35-20)18-30(15-13-21-7-4-3-5-8-21)26(32)19-31(14-6-16-34-2)27(33)22-10-12-24(28)25(29)17-22/h3-5,7-12,17H,6,13-16,18-19H2,1-2H3. The van der Waals surface area contributed by atoms with Crippen LogP contribution in [0.2, 0.25) is 10.0 Å². The SMILES string of the molecule is COCCCN(CC(=O)N(CCc1ccccc1)Cc1ccc(C)o1)C(=O)c1ccc(Cl)c(Cl)c1. The maximum absolute atomic E-state index is 13.5. The number of methoxy groups -OCH3 is 1. The van der Waals surface area contributed by atoms with Gasteiger partial charge < -0.3 is 19.0 Å². The molecule has 3 rings (SSSR count). The van der Waals surface area contributed by atoms with Crippen molar-refractivity contribution in [2.45, 2.75) is 26.3 Å². The number of benzene rings is 2. The summed E-state index contributed by atoms with van der Waals surface area (Å²) < 4.78 is 10.9. The Morgan fingerprint density at radius 1 is 0.943 bits per heavy atom. The average molecular weight is 517 g/mol. The number of ether oxygens (including phenoxy) is 1. The second kappa shape index (κ2) is 13.3. The molecule has 3 aromatic rings. The van der Waals surface area contributed by atoms with Gasteiger partial charge in [0, 0.05) is 32.4 Å². The number of aryl methyl sites for hydroxylation is 1. The highest BCUT2D eigenvalue weighted by molar-refractivity contribution is 6.42. The maximum Gasteiger partial charge on any atom is 0.254 e. The molecular formula is C27H30Cl2N2O4. The van der Waals surface area contributed by atoms with E-state index in [9.17, 15) is 9.59 Å². The number of furan rings is 1. The summed E-state index contributed by atoms with van der Waals surface area (Å²) in [6.07, 6.45) is 1.29. The summed E-state index contributed by atoms with van der Waals surface area (Å²) in [6, 6.07) is 18.4. The molecule has 0 unspecified atom stereocenters. The third-order valence-corrected chi connectivity index (χ3v) is 6.30. The van der Waals surface area contributed by atoms with Crippen molar-refractivity contribution in [1.82, 2.24) is 9.80 Å². The number of carbonyl (C=O) groups excluding carboxylic acids is 2. The molecule has 0 bridgehead atoms. The van der Waals surface area contributed by atoms with Gasteiger partial charge in [0.15, 0.2) is 0 Å². The Hall–Kier alpha value is -2.80. The Bertz CT molecular complexity index is 1120. The number of hydrogen-bond acceptors (Lipinski definition) is 4. The van der Waals surface area contributed by atoms with Crippen molar-refractivity contribution in [3.05, 3.63) is 93.4 Å². The van der Waals surface area contributed by atoms with E-state index in [2.05, 4.69) is 0 Å². The summed E-state index contributed by atoms with van der Waals surface area (Å²) in [7, 11) is 1.60. The number of nitrogens with zero attached hydrogens (tertiary/aromatic N) is 2. The molecule has 8 heteroatoms. The fourth-order valence-electron chi connectivity index (χ4n) is 3.69. The lowest BCUT2D eigenvalue weighted by atomic mass is 10.1. The maximum atomic E-state index is 13.5. The van der Waals surface area contributed by atoms with Crippen LogP contribution in [0.1, 0.15) is 33.9 Å². The summed E-state index contributed by atoms with van der Waals surface area (Å²) in [5, 5.41) is 0.657. The molecule has 6 nitrogen and oxygen atoms in total. The molecule has 0 N–H and O–H groups in total. The Balaban J connectivity index is 1.78. The Morgan fingerprint density at radius 2 is 1.71 bits per heavy atom. The van der Waals surface area contributed by atoms with E-state index in [1.165, 1.54) is 11.0 Å². The number of halogens is 2. The molecule has 35 heavy (non-hydrogen) atoms. The molecule has 0 aliphatic heterocycles. The second-order valence-electron chi connectivity index (χ2n) is 8.27. The van der Waals surface area contributed by atoms with Crippen LogP contribution in [0.4, 0.5) is 0 Å². The number of rotatable bonds is 12. The van der Waals surface area contributed by atoms with E-state index in [0.29, 0.717) is 60.5 Å². The molecule has 186 valence electrons. The van der Waals surface area contributed by atoms with E-state index in [1.54, 1.807) is 24.1 Å². The lowest BCUT2D eigenvalue weighted by molar-refractivity contribution is -0.132. The minimum absolute atomic E-state index is 0.0721. The van der Waals surface area contributed by atoms with Crippen molar-refractivity contribution in [3.63, 3.8) is 0 Å². The van der Waals surface area contributed by atoms with Crippen LogP contribution in [0.25, 0.3) is 0 Å². The van der Waals surface area contributed by atoms with Crippen LogP contribution in [0.5, 0.6) is 0 Å². The predicted molar refractivity (Wildman–Crippen MR) is 138 cm³/mol. The molecule has 1 aromatic heterocycles. The topological polar surface area (TPSA) is 63.0 Å². The highest BCUT2D eigenvalue weighted by Crippen LogP contribution is 2.23. The fourth-order valence-corrected chi connectivity index (χ4v) is 3.98. The molecule has 2 aromatic carbocycles. The van der Waals surface area contributed by atoms with Gasteiger partial charge in [-0.15, -0.1) is 0 Å². The lowest BCUT2D eigenvalue weighted by Gasteiger charge is -2.27. The van der Waals surface area contributed by atoms with Crippen molar-refractivity contribution in [2.24, 2.45) is 0 Å². The van der Waals surface area contributed by atoms with E-state index in [0.717, 1.165) is 11.3 Å². The third-order valence-electron chi connectivity index (χ3n) is 5.57. The monoisotopic (exact) mass is 516 g/mol. The smallest absolute Gasteiger partial charge is 0.254 e. The van der Waals surface area contributed by atoms with Crippen LogP contribution in [0.3, 0.4) is 0 Å². The summed E-state index contributed by atoms with van der Waals surface area (Å²) in [6.45, 7) is 3.46. The average Bonchev–Trinajstić information content (AvgIpc) is 3.27. The number of amides is 2. The van der Waals surface area contributed by atoms with Crippen LogP contribution in [-0.2, 0) is 22.5 Å². The van der Waals surface area contributed by atoms with Gasteiger partial charge in [-0.2, -0.15) is 0 Å². The van der Waals surface area contributed by atoms with E-state index >= 15 is 0 Å². The van der Waals surface area contributed by atoms with Gasteiger partial charge in [-0.3, -0.25) is 9.59 Å². The van der Waals surface area contributed by atoms with E-state index in [4.69, 9.17) is 32.4 Å². The first-order valence-electron chi connectivity index (χ1n) is 11.5. The van der Waals surface area contributed by atoms with Gasteiger partial charge >= 0.3 is 0 Å². The molecule has 0 atom stereocenters. The number of hydrogen-bond donors (Lipinski definition) is 0. The Kier molecular flexibility index (Phi) is 10.2. The summed E-state index contributed by atoms with van der Waals surface area (Å²) >= 11 is 12.1. The number of carbonyl (C=O) groups is 2. The second-order valence-corrected chi connectivity index (χ2v) is 9.08. The lowest BCUT2D eigenvalue weighted by Crippen LogP contribution is -2.44. The van der Waals surface area contributed by atoms with Gasteiger partial charge in [0.05, 0.1) is 16.6 Å². The highest BCUT2D eigenvalue weighted by atomic mass is 35.5. The molecule has 0 aliphatic rings. The van der Waals surface area contributed by atoms with Crippen LogP contribution >= 0.6 is 23.2 Å². The molecule has 0 spiro atoms. The normalized spacial score (nSPS) is 10.9. The Morgan fingerprint density at radius 3 is 2.37 bits per heavy atom. The van der Waals surface area contributed by atoms with Crippen molar-refractivity contribution in [3.8, 4) is 0 Å². The molecule has 0 aliphatic carbocycles. The van der Waals surface area contributed by atoms with Crippen molar-refractivity contribution in [1.29, 1.82) is 0 Å². The van der Waals surface area contributed by atoms with Gasteiger partial charge in [-0.25, -0.2) is 0 Å². The summed E-state index contributed by atoms with van der Waals surface area (Å²) in [5.74, 6) is 1.03. The van der Waals surface area contributed by atoms with Crippen LogP contribution in [0, 0.1) is 6.92 Å². The zero-order valence-corrected chi connectivity index (χ0v) is 21.5. The van der Waals surface area contributed by atoms with E-state index in [1.807, 2.05) is 49.4 Å². The molecule has 0 fully saturated rings. The molecular weight excluding hydrogens is 487 g/mol. The van der Waals surface area contributed by atoms with Gasteiger partial charge in [0.1, 0.15) is 18.1 Å². The summed E-state index contributed by atoms with van der Waals surface area (Å²) in [5.41, 5.74) is 1.51. The van der Waals surface area contributed by atoms with Gasteiger partial charge in [-0.1, -0.05) is 53.5 Å². The zero-order valence-electron chi connectivity index (χ0n) is 20.0. The first kappa shape index (κ1) is 26.8. The first-order chi connectivity index (χ1) is 16.9. The molecule has 0 saturated carbocycles. The largest absolute Gasteiger partial charge is 0.464 e. The molecule has 0 saturated heterocycles. The quantitative estimate of drug-likeness (QED) is 0.292. The molecule has 0 radical (unpaired) electrons. The Labute approximate surface area is 216 Å². The van der Waals surface area contributed by atoms with E-state index in [-0.39, 0.29) is 18.4 Å². The molecule has 2 amide bonds. The van der Waals surface area contributed by atoms with Crippen LogP contribution < -0.4 is 0 Å². The van der Waals surface area contributed by atoms with Crippen LogP contribution in [-0.4, -0.2) is 55.0 Å². The first-order valence-corrected chi connectivity index (χ1v) is 12.2. The van der Waals surface area contributed by atoms with Gasteiger partial charge in [0.25, 0.3) is 5.91 Å². The minimum Gasteiger partial charge on any atom is -0.464 e. The predicted octanol–water partition coefficient (Wildman–Crippen LogP) is 5.65. The van der Waals surface area contributed by atoms with Crippen molar-refractivity contribution < 1.29 is 18.7 Å². The van der Waals surface area contributed by atoms with E-state index < -0.39 is 0 Å². The van der Waals surface area contributed by atoms with Crippen molar-refractivity contribution in [2.75, 3.05) is 33.4 Å².